The lowest BCUT2D eigenvalue weighted by Gasteiger charge is -2.24. The summed E-state index contributed by atoms with van der Waals surface area (Å²) < 4.78 is 5.33. The van der Waals surface area contributed by atoms with Crippen LogP contribution in [0.5, 0.6) is 0 Å². The lowest BCUT2D eigenvalue weighted by molar-refractivity contribution is 0.149. The maximum atomic E-state index is 5.33. The summed E-state index contributed by atoms with van der Waals surface area (Å²) in [7, 11) is 2.00. The standard InChI is InChI=1S/C13H21N3O/c1-3-17-8-7-13-15-9-10-11(14-2)5-4-6-12(10)16-13/h9,11,14H,3-8H2,1-2H3. The molecule has 0 fully saturated rings. The molecule has 94 valence electrons. The van der Waals surface area contributed by atoms with Gasteiger partial charge in [0.2, 0.25) is 0 Å². The number of ether oxygens (including phenoxy) is 1. The molecule has 1 aromatic rings. The van der Waals surface area contributed by atoms with Crippen molar-refractivity contribution in [3.8, 4) is 0 Å². The first-order valence-corrected chi connectivity index (χ1v) is 6.44. The van der Waals surface area contributed by atoms with Crippen LogP contribution in [0.4, 0.5) is 0 Å². The van der Waals surface area contributed by atoms with E-state index in [4.69, 9.17) is 4.74 Å². The number of hydrogen-bond acceptors (Lipinski definition) is 4. The van der Waals surface area contributed by atoms with E-state index in [1.807, 2.05) is 20.2 Å². The minimum absolute atomic E-state index is 0.430. The molecule has 17 heavy (non-hydrogen) atoms. The summed E-state index contributed by atoms with van der Waals surface area (Å²) in [6, 6.07) is 0.430. The van der Waals surface area contributed by atoms with Gasteiger partial charge in [-0.15, -0.1) is 0 Å². The highest BCUT2D eigenvalue weighted by atomic mass is 16.5. The molecule has 0 aliphatic heterocycles. The Morgan fingerprint density at radius 1 is 1.53 bits per heavy atom. The number of rotatable bonds is 5. The van der Waals surface area contributed by atoms with Crippen LogP contribution in [0.1, 0.15) is 42.9 Å². The number of hydrogen-bond donors (Lipinski definition) is 1. The van der Waals surface area contributed by atoms with Crippen molar-refractivity contribution in [2.24, 2.45) is 0 Å². The Morgan fingerprint density at radius 2 is 2.41 bits per heavy atom. The van der Waals surface area contributed by atoms with Crippen molar-refractivity contribution < 1.29 is 4.74 Å². The molecule has 1 aliphatic rings. The zero-order valence-electron chi connectivity index (χ0n) is 10.7. The molecule has 0 saturated carbocycles. The molecule has 1 N–H and O–H groups in total. The molecule has 1 atom stereocenters. The summed E-state index contributed by atoms with van der Waals surface area (Å²) in [4.78, 5) is 9.08. The molecule has 2 rings (SSSR count). The molecule has 0 spiro atoms. The average molecular weight is 235 g/mol. The third-order valence-corrected chi connectivity index (χ3v) is 3.25. The average Bonchev–Trinajstić information content (AvgIpc) is 2.38. The van der Waals surface area contributed by atoms with Gasteiger partial charge in [-0.1, -0.05) is 0 Å². The van der Waals surface area contributed by atoms with E-state index >= 15 is 0 Å². The predicted molar refractivity (Wildman–Crippen MR) is 67.0 cm³/mol. The summed E-state index contributed by atoms with van der Waals surface area (Å²) in [6.45, 7) is 3.47. The molecule has 1 heterocycles. The second-order valence-electron chi connectivity index (χ2n) is 4.37. The maximum absolute atomic E-state index is 5.33. The predicted octanol–water partition coefficient (Wildman–Crippen LogP) is 1.65. The molecular weight excluding hydrogens is 214 g/mol. The molecule has 0 bridgehead atoms. The summed E-state index contributed by atoms with van der Waals surface area (Å²) >= 11 is 0. The lowest BCUT2D eigenvalue weighted by Crippen LogP contribution is -2.23. The van der Waals surface area contributed by atoms with Crippen molar-refractivity contribution in [1.82, 2.24) is 15.3 Å². The van der Waals surface area contributed by atoms with Gasteiger partial charge < -0.3 is 10.1 Å². The zero-order chi connectivity index (χ0) is 12.1. The van der Waals surface area contributed by atoms with E-state index < -0.39 is 0 Å². The van der Waals surface area contributed by atoms with Gasteiger partial charge in [-0.3, -0.25) is 0 Å². The Kier molecular flexibility index (Phi) is 4.45. The Bertz CT molecular complexity index is 368. The maximum Gasteiger partial charge on any atom is 0.130 e. The van der Waals surface area contributed by atoms with Gasteiger partial charge in [0.15, 0.2) is 0 Å². The van der Waals surface area contributed by atoms with Gasteiger partial charge in [-0.25, -0.2) is 9.97 Å². The van der Waals surface area contributed by atoms with E-state index in [1.54, 1.807) is 0 Å². The van der Waals surface area contributed by atoms with Gasteiger partial charge in [0, 0.05) is 36.5 Å². The van der Waals surface area contributed by atoms with E-state index in [-0.39, 0.29) is 0 Å². The molecule has 4 heteroatoms. The molecular formula is C13H21N3O. The van der Waals surface area contributed by atoms with Crippen molar-refractivity contribution in [3.05, 3.63) is 23.3 Å². The number of fused-ring (bicyclic) bond motifs is 1. The molecule has 0 amide bonds. The van der Waals surface area contributed by atoms with Crippen molar-refractivity contribution in [1.29, 1.82) is 0 Å². The van der Waals surface area contributed by atoms with Crippen molar-refractivity contribution in [2.75, 3.05) is 20.3 Å². The van der Waals surface area contributed by atoms with Crippen molar-refractivity contribution >= 4 is 0 Å². The Hall–Kier alpha value is -1.00. The van der Waals surface area contributed by atoms with Crippen LogP contribution in [-0.2, 0) is 17.6 Å². The highest BCUT2D eigenvalue weighted by Gasteiger charge is 2.20. The van der Waals surface area contributed by atoms with Gasteiger partial charge in [0.05, 0.1) is 6.61 Å². The summed E-state index contributed by atoms with van der Waals surface area (Å²) in [6.07, 6.45) is 6.28. The van der Waals surface area contributed by atoms with Gasteiger partial charge in [-0.2, -0.15) is 0 Å². The van der Waals surface area contributed by atoms with E-state index in [1.165, 1.54) is 24.1 Å². The summed E-state index contributed by atoms with van der Waals surface area (Å²) in [5.74, 6) is 0.911. The topological polar surface area (TPSA) is 47.0 Å². The molecule has 1 unspecified atom stereocenters. The first kappa shape index (κ1) is 12.5. The van der Waals surface area contributed by atoms with Crippen LogP contribution >= 0.6 is 0 Å². The third-order valence-electron chi connectivity index (χ3n) is 3.25. The molecule has 1 aliphatic carbocycles. The van der Waals surface area contributed by atoms with Gasteiger partial charge >= 0.3 is 0 Å². The van der Waals surface area contributed by atoms with E-state index in [0.29, 0.717) is 12.6 Å². The normalized spacial score (nSPS) is 19.1. The minimum atomic E-state index is 0.430. The molecule has 0 radical (unpaired) electrons. The van der Waals surface area contributed by atoms with E-state index in [9.17, 15) is 0 Å². The Morgan fingerprint density at radius 3 is 3.18 bits per heavy atom. The number of nitrogens with one attached hydrogen (secondary N) is 1. The van der Waals surface area contributed by atoms with Crippen LogP contribution in [0.2, 0.25) is 0 Å². The smallest absolute Gasteiger partial charge is 0.130 e. The van der Waals surface area contributed by atoms with Gasteiger partial charge in [0.1, 0.15) is 5.82 Å². The SMILES string of the molecule is CCOCCc1ncc2c(n1)CCCC2NC. The first-order chi connectivity index (χ1) is 8.35. The monoisotopic (exact) mass is 235 g/mol. The number of aryl methyl sites for hydroxylation is 1. The molecule has 0 saturated heterocycles. The summed E-state index contributed by atoms with van der Waals surface area (Å²) in [5.41, 5.74) is 2.50. The quantitative estimate of drug-likeness (QED) is 0.788. The minimum Gasteiger partial charge on any atom is -0.381 e. The highest BCUT2D eigenvalue weighted by Crippen LogP contribution is 2.27. The molecule has 4 nitrogen and oxygen atoms in total. The Labute approximate surface area is 103 Å². The van der Waals surface area contributed by atoms with Crippen LogP contribution < -0.4 is 5.32 Å². The zero-order valence-corrected chi connectivity index (χ0v) is 10.7. The molecule has 1 aromatic heterocycles. The third kappa shape index (κ3) is 3.01. The van der Waals surface area contributed by atoms with Crippen LogP contribution in [0.25, 0.3) is 0 Å². The Balaban J connectivity index is 2.08. The number of aromatic nitrogens is 2. The fourth-order valence-corrected chi connectivity index (χ4v) is 2.32. The van der Waals surface area contributed by atoms with Crippen molar-refractivity contribution in [2.45, 2.75) is 38.6 Å². The largest absolute Gasteiger partial charge is 0.381 e. The second-order valence-corrected chi connectivity index (χ2v) is 4.37. The van der Waals surface area contributed by atoms with Crippen LogP contribution in [0, 0.1) is 0 Å². The fourth-order valence-electron chi connectivity index (χ4n) is 2.32. The summed E-state index contributed by atoms with van der Waals surface area (Å²) in [5, 5.41) is 3.33. The van der Waals surface area contributed by atoms with Crippen LogP contribution in [-0.4, -0.2) is 30.2 Å². The lowest BCUT2D eigenvalue weighted by atomic mass is 9.92. The number of nitrogens with zero attached hydrogens (tertiary/aromatic N) is 2. The first-order valence-electron chi connectivity index (χ1n) is 6.44. The fraction of sp³-hybridized carbons (Fsp3) is 0.692. The van der Waals surface area contributed by atoms with Crippen LogP contribution in [0.3, 0.4) is 0 Å². The van der Waals surface area contributed by atoms with Crippen LogP contribution in [0.15, 0.2) is 6.20 Å². The van der Waals surface area contributed by atoms with Crippen molar-refractivity contribution in [3.63, 3.8) is 0 Å². The van der Waals surface area contributed by atoms with Gasteiger partial charge in [-0.05, 0) is 33.2 Å². The highest BCUT2D eigenvalue weighted by molar-refractivity contribution is 5.24. The second kappa shape index (κ2) is 6.07. The molecule has 0 aromatic carbocycles. The van der Waals surface area contributed by atoms with E-state index in [2.05, 4.69) is 15.3 Å². The van der Waals surface area contributed by atoms with Gasteiger partial charge in [0.25, 0.3) is 0 Å². The van der Waals surface area contributed by atoms with E-state index in [0.717, 1.165) is 25.3 Å².